The minimum atomic E-state index is -0.576. The molecule has 0 aliphatic heterocycles. The lowest BCUT2D eigenvalue weighted by molar-refractivity contribution is 0.00660. The first kappa shape index (κ1) is 23.2. The summed E-state index contributed by atoms with van der Waals surface area (Å²) >= 11 is 0. The van der Waals surface area contributed by atoms with Gasteiger partial charge in [0.05, 0.1) is 26.9 Å². The molecule has 0 saturated carbocycles. The van der Waals surface area contributed by atoms with Crippen LogP contribution >= 0.6 is 0 Å². The number of hydrogen-bond acceptors (Lipinski definition) is 6. The Kier molecular flexibility index (Phi) is 9.94. The Morgan fingerprint density at radius 3 is 1.86 bits per heavy atom. The van der Waals surface area contributed by atoms with E-state index in [1.165, 1.54) is 0 Å². The van der Waals surface area contributed by atoms with Crippen molar-refractivity contribution in [2.45, 2.75) is 18.6 Å². The zero-order valence-electron chi connectivity index (χ0n) is 17.9. The largest absolute Gasteiger partial charge is 0.497 e. The van der Waals surface area contributed by atoms with Gasteiger partial charge in [-0.3, -0.25) is 0 Å². The number of benzene rings is 2. The lowest BCUT2D eigenvalue weighted by Gasteiger charge is -2.22. The van der Waals surface area contributed by atoms with Crippen LogP contribution in [-0.2, 0) is 4.74 Å². The highest BCUT2D eigenvalue weighted by Crippen LogP contribution is 2.29. The monoisotopic (exact) mass is 402 g/mol. The molecule has 2 aromatic rings. The summed E-state index contributed by atoms with van der Waals surface area (Å²) in [7, 11) is 7.41. The molecule has 2 N–H and O–H groups in total. The molecule has 6 nitrogen and oxygen atoms in total. The van der Waals surface area contributed by atoms with E-state index in [9.17, 15) is 5.11 Å². The molecule has 0 saturated heterocycles. The number of aliphatic hydroxyl groups excluding tert-OH is 1. The normalized spacial score (nSPS) is 12.4. The SMILES string of the molecule is COc1ccc(C(OCC(O)CNCCCN(C)C)c2ccc(OC)cc2)cc1. The van der Waals surface area contributed by atoms with Crippen molar-refractivity contribution in [1.82, 2.24) is 10.2 Å². The van der Waals surface area contributed by atoms with Crippen LogP contribution in [0.1, 0.15) is 23.7 Å². The Balaban J connectivity index is 1.97. The smallest absolute Gasteiger partial charge is 0.118 e. The van der Waals surface area contributed by atoms with Crippen LogP contribution in [0.3, 0.4) is 0 Å². The highest BCUT2D eigenvalue weighted by atomic mass is 16.5. The molecule has 0 aliphatic carbocycles. The van der Waals surface area contributed by atoms with E-state index in [1.54, 1.807) is 14.2 Å². The van der Waals surface area contributed by atoms with Gasteiger partial charge in [0.1, 0.15) is 17.6 Å². The molecule has 0 bridgehead atoms. The van der Waals surface area contributed by atoms with Gasteiger partial charge in [-0.1, -0.05) is 24.3 Å². The third-order valence-corrected chi connectivity index (χ3v) is 4.63. The van der Waals surface area contributed by atoms with Gasteiger partial charge in [-0.2, -0.15) is 0 Å². The zero-order chi connectivity index (χ0) is 21.1. The minimum Gasteiger partial charge on any atom is -0.497 e. The molecule has 0 aromatic heterocycles. The van der Waals surface area contributed by atoms with Crippen LogP contribution < -0.4 is 14.8 Å². The van der Waals surface area contributed by atoms with Crippen molar-refractivity contribution in [3.8, 4) is 11.5 Å². The van der Waals surface area contributed by atoms with Crippen molar-refractivity contribution in [3.05, 3.63) is 59.7 Å². The first-order valence-electron chi connectivity index (χ1n) is 9.96. The van der Waals surface area contributed by atoms with Gasteiger partial charge in [-0.25, -0.2) is 0 Å². The summed E-state index contributed by atoms with van der Waals surface area (Å²) in [4.78, 5) is 2.15. The summed E-state index contributed by atoms with van der Waals surface area (Å²) in [6.45, 7) is 2.64. The number of rotatable bonds is 13. The first-order chi connectivity index (χ1) is 14.0. The molecule has 160 valence electrons. The van der Waals surface area contributed by atoms with Crippen LogP contribution in [0, 0.1) is 0 Å². The van der Waals surface area contributed by atoms with Crippen molar-refractivity contribution in [2.75, 3.05) is 54.6 Å². The Morgan fingerprint density at radius 1 is 0.897 bits per heavy atom. The average Bonchev–Trinajstić information content (AvgIpc) is 2.74. The van der Waals surface area contributed by atoms with E-state index in [0.717, 1.165) is 42.1 Å². The lowest BCUT2D eigenvalue weighted by Crippen LogP contribution is -2.32. The van der Waals surface area contributed by atoms with Crippen LogP contribution in [-0.4, -0.2) is 70.7 Å². The van der Waals surface area contributed by atoms with Crippen molar-refractivity contribution < 1.29 is 19.3 Å². The summed E-state index contributed by atoms with van der Waals surface area (Å²) in [5.41, 5.74) is 2.00. The summed E-state index contributed by atoms with van der Waals surface area (Å²) in [6, 6.07) is 15.6. The maximum absolute atomic E-state index is 10.3. The van der Waals surface area contributed by atoms with E-state index in [4.69, 9.17) is 14.2 Å². The number of ether oxygens (including phenoxy) is 3. The third-order valence-electron chi connectivity index (χ3n) is 4.63. The zero-order valence-corrected chi connectivity index (χ0v) is 17.9. The summed E-state index contributed by atoms with van der Waals surface area (Å²) < 4.78 is 16.6. The standard InChI is InChI=1S/C23H34N2O4/c1-25(2)15-5-14-24-16-20(26)17-29-23(18-6-10-21(27-3)11-7-18)19-8-12-22(28-4)13-9-19/h6-13,20,23-24,26H,5,14-17H2,1-4H3. The van der Waals surface area contributed by atoms with Gasteiger partial charge in [0, 0.05) is 6.54 Å². The number of hydrogen-bond donors (Lipinski definition) is 2. The van der Waals surface area contributed by atoms with Crippen molar-refractivity contribution in [1.29, 1.82) is 0 Å². The van der Waals surface area contributed by atoms with Crippen LogP contribution in [0.5, 0.6) is 11.5 Å². The van der Waals surface area contributed by atoms with E-state index in [2.05, 4.69) is 24.3 Å². The summed E-state index contributed by atoms with van der Waals surface area (Å²) in [5, 5.41) is 13.6. The van der Waals surface area contributed by atoms with E-state index in [0.29, 0.717) is 6.54 Å². The van der Waals surface area contributed by atoms with Crippen molar-refractivity contribution in [3.63, 3.8) is 0 Å². The second-order valence-electron chi connectivity index (χ2n) is 7.27. The molecule has 6 heteroatoms. The second kappa shape index (κ2) is 12.4. The van der Waals surface area contributed by atoms with Gasteiger partial charge in [0.15, 0.2) is 0 Å². The topological polar surface area (TPSA) is 63.2 Å². The maximum Gasteiger partial charge on any atom is 0.118 e. The van der Waals surface area contributed by atoms with Gasteiger partial charge in [-0.05, 0) is 69.0 Å². The molecular formula is C23H34N2O4. The van der Waals surface area contributed by atoms with Gasteiger partial charge < -0.3 is 29.5 Å². The first-order valence-corrected chi connectivity index (χ1v) is 9.96. The molecule has 0 aliphatic rings. The lowest BCUT2D eigenvalue weighted by atomic mass is 10.0. The number of aliphatic hydroxyl groups is 1. The van der Waals surface area contributed by atoms with Crippen LogP contribution in [0.15, 0.2) is 48.5 Å². The minimum absolute atomic E-state index is 0.239. The number of nitrogens with zero attached hydrogens (tertiary/aromatic N) is 1. The van der Waals surface area contributed by atoms with Gasteiger partial charge in [-0.15, -0.1) is 0 Å². The molecule has 29 heavy (non-hydrogen) atoms. The van der Waals surface area contributed by atoms with Crippen molar-refractivity contribution >= 4 is 0 Å². The van der Waals surface area contributed by atoms with E-state index in [-0.39, 0.29) is 12.7 Å². The summed E-state index contributed by atoms with van der Waals surface area (Å²) in [6.07, 6.45) is 0.185. The predicted molar refractivity (Wildman–Crippen MR) is 116 cm³/mol. The molecule has 0 spiro atoms. The van der Waals surface area contributed by atoms with Crippen LogP contribution in [0.4, 0.5) is 0 Å². The highest BCUT2D eigenvalue weighted by Gasteiger charge is 2.17. The van der Waals surface area contributed by atoms with Crippen LogP contribution in [0.2, 0.25) is 0 Å². The number of nitrogens with one attached hydrogen (secondary N) is 1. The molecule has 2 rings (SSSR count). The van der Waals surface area contributed by atoms with Gasteiger partial charge in [0.2, 0.25) is 0 Å². The van der Waals surface area contributed by atoms with E-state index < -0.39 is 6.10 Å². The Morgan fingerprint density at radius 2 is 1.41 bits per heavy atom. The third kappa shape index (κ3) is 8.03. The summed E-state index contributed by atoms with van der Waals surface area (Å²) in [5.74, 6) is 1.59. The number of methoxy groups -OCH3 is 2. The molecule has 0 amide bonds. The molecule has 0 radical (unpaired) electrons. The molecule has 1 atom stereocenters. The van der Waals surface area contributed by atoms with E-state index in [1.807, 2.05) is 48.5 Å². The molecule has 1 unspecified atom stereocenters. The van der Waals surface area contributed by atoms with Gasteiger partial charge >= 0.3 is 0 Å². The van der Waals surface area contributed by atoms with Crippen molar-refractivity contribution in [2.24, 2.45) is 0 Å². The van der Waals surface area contributed by atoms with Crippen LogP contribution in [0.25, 0.3) is 0 Å². The molecular weight excluding hydrogens is 368 g/mol. The molecule has 2 aromatic carbocycles. The Hall–Kier alpha value is -2.12. The van der Waals surface area contributed by atoms with Gasteiger partial charge in [0.25, 0.3) is 0 Å². The molecule has 0 fully saturated rings. The Labute approximate surface area is 174 Å². The Bertz CT molecular complexity index is 642. The highest BCUT2D eigenvalue weighted by molar-refractivity contribution is 5.36. The molecule has 0 heterocycles. The fourth-order valence-corrected chi connectivity index (χ4v) is 3.00. The fraction of sp³-hybridized carbons (Fsp3) is 0.478. The predicted octanol–water partition coefficient (Wildman–Crippen LogP) is 2.71. The maximum atomic E-state index is 10.3. The quantitative estimate of drug-likeness (QED) is 0.503. The fourth-order valence-electron chi connectivity index (χ4n) is 3.00. The average molecular weight is 403 g/mol. The van der Waals surface area contributed by atoms with E-state index >= 15 is 0 Å². The second-order valence-corrected chi connectivity index (χ2v) is 7.27.